The van der Waals surface area contributed by atoms with Gasteiger partial charge in [0.25, 0.3) is 0 Å². The average molecular weight is 437 g/mol. The highest BCUT2D eigenvalue weighted by molar-refractivity contribution is 6.08. The van der Waals surface area contributed by atoms with Crippen LogP contribution in [0.4, 0.5) is 0 Å². The van der Waals surface area contributed by atoms with Gasteiger partial charge in [0, 0.05) is 31.1 Å². The Morgan fingerprint density at radius 3 is 1.88 bits per heavy atom. The Kier molecular flexibility index (Phi) is 6.24. The van der Waals surface area contributed by atoms with E-state index in [0.717, 1.165) is 28.2 Å². The van der Waals surface area contributed by atoms with Gasteiger partial charge in [-0.2, -0.15) is 0 Å². The van der Waals surface area contributed by atoms with E-state index in [9.17, 15) is 4.79 Å². The van der Waals surface area contributed by atoms with Crippen molar-refractivity contribution in [1.29, 1.82) is 0 Å². The second-order valence-electron chi connectivity index (χ2n) is 7.85. The van der Waals surface area contributed by atoms with Crippen molar-refractivity contribution in [2.45, 2.75) is 24.4 Å². The largest absolute Gasteiger partial charge is 0.501 e. The molecule has 2 aromatic rings. The van der Waals surface area contributed by atoms with Crippen LogP contribution in [0.2, 0.25) is 0 Å². The Morgan fingerprint density at radius 1 is 0.719 bits per heavy atom. The molecule has 32 heavy (non-hydrogen) atoms. The number of benzene rings is 2. The minimum Gasteiger partial charge on any atom is -0.501 e. The summed E-state index contributed by atoms with van der Waals surface area (Å²) in [6.07, 6.45) is 2.19. The van der Waals surface area contributed by atoms with Gasteiger partial charge in [0.05, 0.1) is 46.2 Å². The molecule has 0 fully saturated rings. The molecule has 0 saturated heterocycles. The molecule has 0 bridgehead atoms. The molecule has 168 valence electrons. The van der Waals surface area contributed by atoms with Gasteiger partial charge in [-0.3, -0.25) is 4.79 Å². The van der Waals surface area contributed by atoms with Crippen molar-refractivity contribution in [2.24, 2.45) is 0 Å². The van der Waals surface area contributed by atoms with Crippen LogP contribution < -0.4 is 14.2 Å². The Balaban J connectivity index is 1.91. The van der Waals surface area contributed by atoms with E-state index in [1.807, 2.05) is 42.5 Å². The van der Waals surface area contributed by atoms with Gasteiger partial charge in [0.15, 0.2) is 5.78 Å². The second-order valence-corrected chi connectivity index (χ2v) is 7.85. The molecule has 2 aliphatic rings. The number of carbonyl (C=O) groups is 1. The van der Waals surface area contributed by atoms with Gasteiger partial charge in [-0.05, 0) is 47.0 Å². The van der Waals surface area contributed by atoms with Gasteiger partial charge >= 0.3 is 0 Å². The van der Waals surface area contributed by atoms with Crippen LogP contribution in [0.3, 0.4) is 0 Å². The SMILES string of the molecule is COC1=CC2=C(C(OC)C1)C(c1ccc(OC)cc1)C(c1cc(OC)cc(OC)c1)C2=O. The highest BCUT2D eigenvalue weighted by Crippen LogP contribution is 2.52. The number of allylic oxidation sites excluding steroid dienone is 2. The third kappa shape index (κ3) is 3.75. The van der Waals surface area contributed by atoms with Crippen LogP contribution in [-0.4, -0.2) is 47.4 Å². The fourth-order valence-corrected chi connectivity index (χ4v) is 4.74. The molecule has 0 amide bonds. The monoisotopic (exact) mass is 436 g/mol. The van der Waals surface area contributed by atoms with E-state index in [0.29, 0.717) is 23.5 Å². The molecule has 3 atom stereocenters. The number of Topliss-reactive ketones (excluding diaryl/α,β-unsaturated/α-hetero) is 1. The zero-order valence-corrected chi connectivity index (χ0v) is 19.0. The van der Waals surface area contributed by atoms with Crippen molar-refractivity contribution in [3.05, 3.63) is 76.6 Å². The number of ketones is 1. The maximum Gasteiger partial charge on any atom is 0.171 e. The quantitative estimate of drug-likeness (QED) is 0.641. The lowest BCUT2D eigenvalue weighted by molar-refractivity contribution is -0.116. The minimum absolute atomic E-state index is 0.0347. The standard InChI is InChI=1S/C26H28O6/c1-28-17-8-6-15(7-9-17)23-24(16-10-18(29-2)12-19(11-16)30-3)26(27)21-13-20(31-4)14-22(32-5)25(21)23/h6-13,22-24H,14H2,1-5H3. The molecule has 2 aromatic carbocycles. The Labute approximate surface area is 188 Å². The van der Waals surface area contributed by atoms with E-state index in [2.05, 4.69) is 0 Å². The molecule has 0 aromatic heterocycles. The average Bonchev–Trinajstić information content (AvgIpc) is 3.15. The van der Waals surface area contributed by atoms with Gasteiger partial charge < -0.3 is 23.7 Å². The summed E-state index contributed by atoms with van der Waals surface area (Å²) in [6.45, 7) is 0. The molecule has 0 aliphatic heterocycles. The first-order chi connectivity index (χ1) is 15.5. The first-order valence-corrected chi connectivity index (χ1v) is 10.5. The minimum atomic E-state index is -0.442. The number of hydrogen-bond donors (Lipinski definition) is 0. The highest BCUT2D eigenvalue weighted by Gasteiger charge is 2.47. The van der Waals surface area contributed by atoms with E-state index in [4.69, 9.17) is 23.7 Å². The van der Waals surface area contributed by atoms with Crippen molar-refractivity contribution >= 4 is 5.78 Å². The molecule has 0 heterocycles. The molecule has 0 radical (unpaired) electrons. The fraction of sp³-hybridized carbons (Fsp3) is 0.346. The predicted molar refractivity (Wildman–Crippen MR) is 121 cm³/mol. The number of hydrogen-bond acceptors (Lipinski definition) is 6. The van der Waals surface area contributed by atoms with Gasteiger partial charge in [-0.25, -0.2) is 0 Å². The summed E-state index contributed by atoms with van der Waals surface area (Å²) >= 11 is 0. The second kappa shape index (κ2) is 9.09. The van der Waals surface area contributed by atoms with Gasteiger partial charge in [0.1, 0.15) is 17.2 Å². The van der Waals surface area contributed by atoms with Crippen LogP contribution in [-0.2, 0) is 14.3 Å². The summed E-state index contributed by atoms with van der Waals surface area (Å²) < 4.78 is 27.7. The molecule has 6 nitrogen and oxygen atoms in total. The van der Waals surface area contributed by atoms with Crippen molar-refractivity contribution < 1.29 is 28.5 Å². The molecule has 6 heteroatoms. The van der Waals surface area contributed by atoms with Crippen LogP contribution >= 0.6 is 0 Å². The lowest BCUT2D eigenvalue weighted by Gasteiger charge is -2.29. The van der Waals surface area contributed by atoms with Crippen LogP contribution in [0.5, 0.6) is 17.2 Å². The van der Waals surface area contributed by atoms with Crippen LogP contribution in [0.1, 0.15) is 29.4 Å². The van der Waals surface area contributed by atoms with Crippen LogP contribution in [0.25, 0.3) is 0 Å². The summed E-state index contributed by atoms with van der Waals surface area (Å²) in [4.78, 5) is 13.8. The maximum absolute atomic E-state index is 13.8. The van der Waals surface area contributed by atoms with Crippen molar-refractivity contribution in [3.8, 4) is 17.2 Å². The maximum atomic E-state index is 13.8. The lowest BCUT2D eigenvalue weighted by atomic mass is 9.78. The third-order valence-electron chi connectivity index (χ3n) is 6.32. The van der Waals surface area contributed by atoms with Crippen molar-refractivity contribution in [3.63, 3.8) is 0 Å². The predicted octanol–water partition coefficient (Wildman–Crippen LogP) is 4.41. The molecule has 2 aliphatic carbocycles. The smallest absolute Gasteiger partial charge is 0.171 e. The van der Waals surface area contributed by atoms with E-state index in [1.165, 1.54) is 0 Å². The van der Waals surface area contributed by atoms with Crippen LogP contribution in [0, 0.1) is 0 Å². The Morgan fingerprint density at radius 2 is 1.34 bits per heavy atom. The topological polar surface area (TPSA) is 63.2 Å². The normalized spacial score (nSPS) is 22.3. The van der Waals surface area contributed by atoms with Gasteiger partial charge in [-0.15, -0.1) is 0 Å². The summed E-state index contributed by atoms with van der Waals surface area (Å²) in [7, 11) is 8.14. The molecular weight excluding hydrogens is 408 g/mol. The Hall–Kier alpha value is -3.25. The molecular formula is C26H28O6. The zero-order chi connectivity index (χ0) is 22.8. The first kappa shape index (κ1) is 22.0. The zero-order valence-electron chi connectivity index (χ0n) is 19.0. The summed E-state index contributed by atoms with van der Waals surface area (Å²) in [5, 5.41) is 0. The van der Waals surface area contributed by atoms with E-state index >= 15 is 0 Å². The number of carbonyl (C=O) groups excluding carboxylic acids is 1. The van der Waals surface area contributed by atoms with E-state index < -0.39 is 5.92 Å². The van der Waals surface area contributed by atoms with E-state index in [1.54, 1.807) is 41.6 Å². The van der Waals surface area contributed by atoms with Crippen molar-refractivity contribution in [1.82, 2.24) is 0 Å². The first-order valence-electron chi connectivity index (χ1n) is 10.5. The number of rotatable bonds is 7. The summed E-state index contributed by atoms with van der Waals surface area (Å²) in [6, 6.07) is 13.5. The summed E-state index contributed by atoms with van der Waals surface area (Å²) in [5.74, 6) is 2.18. The number of methoxy groups -OCH3 is 5. The Bertz CT molecular complexity index is 1040. The van der Waals surface area contributed by atoms with Gasteiger partial charge in [-0.1, -0.05) is 12.1 Å². The summed E-state index contributed by atoms with van der Waals surface area (Å²) in [5.41, 5.74) is 3.50. The third-order valence-corrected chi connectivity index (χ3v) is 6.32. The van der Waals surface area contributed by atoms with Crippen molar-refractivity contribution in [2.75, 3.05) is 35.5 Å². The molecule has 0 N–H and O–H groups in total. The highest BCUT2D eigenvalue weighted by atomic mass is 16.5. The van der Waals surface area contributed by atoms with Gasteiger partial charge in [0.2, 0.25) is 0 Å². The fourth-order valence-electron chi connectivity index (χ4n) is 4.74. The molecule has 3 unspecified atom stereocenters. The molecule has 0 saturated carbocycles. The lowest BCUT2D eigenvalue weighted by Crippen LogP contribution is -2.23. The molecule has 0 spiro atoms. The molecule has 4 rings (SSSR count). The van der Waals surface area contributed by atoms with E-state index in [-0.39, 0.29) is 17.8 Å². The number of ether oxygens (including phenoxy) is 5. The van der Waals surface area contributed by atoms with Crippen LogP contribution in [0.15, 0.2) is 65.4 Å².